The van der Waals surface area contributed by atoms with E-state index in [0.717, 1.165) is 0 Å². The number of nitriles is 2. The first-order valence-corrected chi connectivity index (χ1v) is 3.50. The number of rotatable bonds is 2. The molecule has 0 spiro atoms. The van der Waals surface area contributed by atoms with Crippen molar-refractivity contribution in [1.29, 1.82) is 10.5 Å². The molecule has 0 rings (SSSR count). The first-order valence-electron chi connectivity index (χ1n) is 3.09. The molecule has 0 amide bonds. The third-order valence-corrected chi connectivity index (χ3v) is 1.19. The second-order valence-corrected chi connectivity index (χ2v) is 2.64. The molecule has 0 atom stereocenters. The van der Waals surface area contributed by atoms with E-state index in [2.05, 4.69) is 5.32 Å². The monoisotopic (exact) mass is 189 g/mol. The second-order valence-electron chi connectivity index (χ2n) is 2.23. The van der Waals surface area contributed by atoms with Crippen LogP contribution in [-0.4, -0.2) is 6.04 Å². The van der Waals surface area contributed by atoms with Crippen molar-refractivity contribution in [2.75, 3.05) is 0 Å². The Morgan fingerprint density at radius 3 is 2.00 bits per heavy atom. The molecule has 0 saturated carbocycles. The molecule has 0 heterocycles. The van der Waals surface area contributed by atoms with E-state index in [1.165, 1.54) is 0 Å². The largest absolute Gasteiger partial charge is 1.00 e. The van der Waals surface area contributed by atoms with Crippen LogP contribution >= 0.6 is 0 Å². The first kappa shape index (κ1) is 14.3. The Kier molecular flexibility index (Phi) is 8.79. The van der Waals surface area contributed by atoms with Gasteiger partial charge in [-0.3, -0.25) is 0 Å². The summed E-state index contributed by atoms with van der Waals surface area (Å²) in [6, 6.07) is 3.57. The van der Waals surface area contributed by atoms with Crippen LogP contribution in [0.2, 0.25) is 0 Å². The van der Waals surface area contributed by atoms with Crippen LogP contribution in [0.3, 0.4) is 0 Å². The summed E-state index contributed by atoms with van der Waals surface area (Å²) >= 11 is 4.76. The van der Waals surface area contributed by atoms with Crippen molar-refractivity contribution in [3.05, 3.63) is 10.6 Å². The van der Waals surface area contributed by atoms with Gasteiger partial charge in [0.2, 0.25) is 0 Å². The first-order chi connectivity index (χ1) is 5.11. The van der Waals surface area contributed by atoms with Gasteiger partial charge in [0.25, 0.3) is 0 Å². The van der Waals surface area contributed by atoms with Crippen LogP contribution in [-0.2, 0) is 12.6 Å². The van der Waals surface area contributed by atoms with Crippen molar-refractivity contribution >= 4 is 12.6 Å². The van der Waals surface area contributed by atoms with Gasteiger partial charge in [0.15, 0.2) is 0 Å². The number of hydrogen-bond donors (Lipinski definition) is 1. The predicted octanol–water partition coefficient (Wildman–Crippen LogP) is -2.21. The van der Waals surface area contributed by atoms with Gasteiger partial charge in [0.1, 0.15) is 17.7 Å². The number of allylic oxidation sites excluding steroid dienone is 1. The van der Waals surface area contributed by atoms with E-state index in [-0.39, 0.29) is 46.2 Å². The zero-order chi connectivity index (χ0) is 8.85. The maximum absolute atomic E-state index is 8.37. The Morgan fingerprint density at radius 1 is 1.33 bits per heavy atom. The van der Waals surface area contributed by atoms with Gasteiger partial charge >= 0.3 is 29.6 Å². The molecule has 0 aromatic rings. The molecule has 5 heteroatoms. The fourth-order valence-electron chi connectivity index (χ4n) is 0.461. The van der Waals surface area contributed by atoms with Crippen LogP contribution in [0.5, 0.6) is 0 Å². The Labute approximate surface area is 100 Å². The van der Waals surface area contributed by atoms with E-state index in [9.17, 15) is 0 Å². The van der Waals surface area contributed by atoms with Crippen LogP contribution in [0.25, 0.3) is 0 Å². The minimum atomic E-state index is -0.0336. The van der Waals surface area contributed by atoms with Crippen molar-refractivity contribution < 1.29 is 29.6 Å². The van der Waals surface area contributed by atoms with Gasteiger partial charge in [-0.25, -0.2) is 0 Å². The van der Waals surface area contributed by atoms with Crippen LogP contribution in [0.4, 0.5) is 0 Å². The molecule has 0 unspecified atom stereocenters. The predicted molar refractivity (Wildman–Crippen MR) is 43.9 cm³/mol. The van der Waals surface area contributed by atoms with E-state index >= 15 is 0 Å². The molecule has 1 N–H and O–H groups in total. The molecule has 58 valence electrons. The summed E-state index contributed by atoms with van der Waals surface area (Å²) in [7, 11) is 0. The topological polar surface area (TPSA) is 59.6 Å². The Bertz CT molecular complexity index is 230. The SMILES string of the molecule is CC(C)NC([S-])=C(C#N)C#N.[Na+]. The number of hydrogen-bond acceptors (Lipinski definition) is 4. The van der Waals surface area contributed by atoms with Gasteiger partial charge in [-0.1, -0.05) is 5.03 Å². The molecule has 12 heavy (non-hydrogen) atoms. The van der Waals surface area contributed by atoms with Gasteiger partial charge in [-0.05, 0) is 13.8 Å². The molecule has 0 saturated heterocycles. The second kappa shape index (κ2) is 7.39. The summed E-state index contributed by atoms with van der Waals surface area (Å²) in [4.78, 5) is 0. The Balaban J connectivity index is 0. The third kappa shape index (κ3) is 5.40. The molecular formula is C7H8N3NaS. The number of nitrogens with one attached hydrogen (secondary N) is 1. The zero-order valence-corrected chi connectivity index (χ0v) is 10.2. The molecule has 0 aliphatic rings. The molecule has 0 aromatic carbocycles. The smallest absolute Gasteiger partial charge is 0.761 e. The zero-order valence-electron chi connectivity index (χ0n) is 7.38. The van der Waals surface area contributed by atoms with Crippen molar-refractivity contribution in [1.82, 2.24) is 5.32 Å². The number of nitrogens with zero attached hydrogens (tertiary/aromatic N) is 2. The van der Waals surface area contributed by atoms with E-state index in [4.69, 9.17) is 23.2 Å². The van der Waals surface area contributed by atoms with Crippen LogP contribution in [0.1, 0.15) is 13.8 Å². The van der Waals surface area contributed by atoms with E-state index in [1.807, 2.05) is 13.8 Å². The summed E-state index contributed by atoms with van der Waals surface area (Å²) in [5.74, 6) is 0. The maximum Gasteiger partial charge on any atom is 1.00 e. The minimum Gasteiger partial charge on any atom is -0.761 e. The molecule has 0 aliphatic carbocycles. The van der Waals surface area contributed by atoms with Gasteiger partial charge < -0.3 is 17.9 Å². The summed E-state index contributed by atoms with van der Waals surface area (Å²) in [5.41, 5.74) is -0.0336. The van der Waals surface area contributed by atoms with Gasteiger partial charge in [0.05, 0.1) is 0 Å². The molecule has 0 bridgehead atoms. The van der Waals surface area contributed by atoms with Crippen LogP contribution in [0.15, 0.2) is 10.6 Å². The average Bonchev–Trinajstić information content (AvgIpc) is 1.88. The van der Waals surface area contributed by atoms with Crippen LogP contribution < -0.4 is 34.9 Å². The molecular weight excluding hydrogens is 181 g/mol. The van der Waals surface area contributed by atoms with Gasteiger partial charge in [-0.2, -0.15) is 10.5 Å². The van der Waals surface area contributed by atoms with E-state index < -0.39 is 0 Å². The summed E-state index contributed by atoms with van der Waals surface area (Å²) in [6.07, 6.45) is 0. The maximum atomic E-state index is 8.37. The van der Waals surface area contributed by atoms with Gasteiger partial charge in [-0.15, -0.1) is 0 Å². The quantitative estimate of drug-likeness (QED) is 0.304. The molecule has 0 radical (unpaired) electrons. The van der Waals surface area contributed by atoms with Crippen molar-refractivity contribution in [2.45, 2.75) is 19.9 Å². The normalized spacial score (nSPS) is 7.42. The molecule has 3 nitrogen and oxygen atoms in total. The molecule has 0 fully saturated rings. The summed E-state index contributed by atoms with van der Waals surface area (Å²) in [5, 5.41) is 19.8. The molecule has 0 aliphatic heterocycles. The molecule has 0 aromatic heterocycles. The van der Waals surface area contributed by atoms with E-state index in [1.54, 1.807) is 12.1 Å². The fraction of sp³-hybridized carbons (Fsp3) is 0.429. The average molecular weight is 189 g/mol. The fourth-order valence-corrected chi connectivity index (χ4v) is 0.788. The van der Waals surface area contributed by atoms with Crippen molar-refractivity contribution in [3.8, 4) is 12.1 Å². The van der Waals surface area contributed by atoms with Crippen molar-refractivity contribution in [3.63, 3.8) is 0 Å². The minimum absolute atomic E-state index is 0. The van der Waals surface area contributed by atoms with Gasteiger partial charge in [0, 0.05) is 6.04 Å². The van der Waals surface area contributed by atoms with Crippen molar-refractivity contribution in [2.24, 2.45) is 0 Å². The van der Waals surface area contributed by atoms with Crippen LogP contribution in [0, 0.1) is 22.7 Å². The third-order valence-electron chi connectivity index (χ3n) is 0.870. The standard InChI is InChI=1S/C7H9N3S.Na/c1-5(2)10-7(11)6(3-8)4-9;/h5,10-11H,1-2H3;/q;+1/p-1. The Morgan fingerprint density at radius 2 is 1.75 bits per heavy atom. The summed E-state index contributed by atoms with van der Waals surface area (Å²) in [6.45, 7) is 3.78. The summed E-state index contributed by atoms with van der Waals surface area (Å²) < 4.78 is 0. The Hall–Kier alpha value is -0.260. The van der Waals surface area contributed by atoms with E-state index in [0.29, 0.717) is 0 Å².